The van der Waals surface area contributed by atoms with Gasteiger partial charge in [0.2, 0.25) is 5.91 Å². The fourth-order valence-electron chi connectivity index (χ4n) is 1.36. The summed E-state index contributed by atoms with van der Waals surface area (Å²) in [5, 5.41) is 2.57. The van der Waals surface area contributed by atoms with E-state index in [0.717, 1.165) is 5.75 Å². The standard InChI is InChI=1S/C12H16F2N2O2S/c1-19-6-5-10(15)11(17)16-8-3-2-4-9(7-8)18-12(13)14/h2-4,7,10,12H,5-6,15H2,1H3,(H,16,17)/t10-/m0/s1. The molecular formula is C12H16F2N2O2S. The number of alkyl halides is 2. The highest BCUT2D eigenvalue weighted by Crippen LogP contribution is 2.19. The molecule has 0 radical (unpaired) electrons. The van der Waals surface area contributed by atoms with Gasteiger partial charge in [0.05, 0.1) is 6.04 Å². The summed E-state index contributed by atoms with van der Waals surface area (Å²) in [6, 6.07) is 5.19. The molecule has 0 spiro atoms. The summed E-state index contributed by atoms with van der Waals surface area (Å²) in [6.45, 7) is -2.89. The summed E-state index contributed by atoms with van der Waals surface area (Å²) in [7, 11) is 0. The third-order valence-electron chi connectivity index (χ3n) is 2.30. The Balaban J connectivity index is 2.58. The van der Waals surface area contributed by atoms with E-state index in [1.54, 1.807) is 17.8 Å². The molecule has 1 aromatic carbocycles. The van der Waals surface area contributed by atoms with Gasteiger partial charge in [0.1, 0.15) is 5.75 Å². The van der Waals surface area contributed by atoms with Crippen LogP contribution in [0, 0.1) is 0 Å². The average molecular weight is 290 g/mol. The predicted octanol–water partition coefficient (Wildman–Crippen LogP) is 2.31. The second kappa shape index (κ2) is 7.96. The third-order valence-corrected chi connectivity index (χ3v) is 2.94. The highest BCUT2D eigenvalue weighted by Gasteiger charge is 2.13. The van der Waals surface area contributed by atoms with Crippen LogP contribution in [0.3, 0.4) is 0 Å². The van der Waals surface area contributed by atoms with E-state index in [2.05, 4.69) is 10.1 Å². The minimum atomic E-state index is -2.89. The monoisotopic (exact) mass is 290 g/mol. The molecule has 0 aliphatic carbocycles. The van der Waals surface area contributed by atoms with E-state index in [9.17, 15) is 13.6 Å². The van der Waals surface area contributed by atoms with Crippen LogP contribution in [0.5, 0.6) is 5.75 Å². The lowest BCUT2D eigenvalue weighted by Crippen LogP contribution is -2.36. The fourth-order valence-corrected chi connectivity index (χ4v) is 1.85. The van der Waals surface area contributed by atoms with Crippen molar-refractivity contribution in [2.24, 2.45) is 5.73 Å². The van der Waals surface area contributed by atoms with Crippen molar-refractivity contribution < 1.29 is 18.3 Å². The van der Waals surface area contributed by atoms with Gasteiger partial charge in [-0.1, -0.05) is 6.07 Å². The first kappa shape index (κ1) is 15.7. The van der Waals surface area contributed by atoms with Crippen LogP contribution in [-0.2, 0) is 4.79 Å². The number of rotatable bonds is 7. The first-order valence-corrected chi connectivity index (χ1v) is 7.02. The van der Waals surface area contributed by atoms with Crippen LogP contribution >= 0.6 is 11.8 Å². The molecule has 0 aliphatic rings. The first-order chi connectivity index (χ1) is 9.02. The number of thioether (sulfide) groups is 1. The molecule has 7 heteroatoms. The van der Waals surface area contributed by atoms with Crippen molar-refractivity contribution in [1.82, 2.24) is 0 Å². The number of anilines is 1. The molecule has 0 saturated heterocycles. The van der Waals surface area contributed by atoms with Crippen molar-refractivity contribution >= 4 is 23.4 Å². The number of nitrogens with one attached hydrogen (secondary N) is 1. The van der Waals surface area contributed by atoms with E-state index in [-0.39, 0.29) is 11.7 Å². The lowest BCUT2D eigenvalue weighted by atomic mass is 10.2. The molecule has 0 unspecified atom stereocenters. The van der Waals surface area contributed by atoms with Crippen LogP contribution in [0.2, 0.25) is 0 Å². The van der Waals surface area contributed by atoms with Gasteiger partial charge in [-0.05, 0) is 30.6 Å². The van der Waals surface area contributed by atoms with Crippen molar-refractivity contribution in [1.29, 1.82) is 0 Å². The molecule has 106 valence electrons. The molecule has 0 aliphatic heterocycles. The predicted molar refractivity (Wildman–Crippen MR) is 72.7 cm³/mol. The molecule has 0 aromatic heterocycles. The highest BCUT2D eigenvalue weighted by atomic mass is 32.2. The number of hydrogen-bond donors (Lipinski definition) is 2. The summed E-state index contributed by atoms with van der Waals surface area (Å²) in [5.41, 5.74) is 6.07. The Morgan fingerprint density at radius 1 is 1.53 bits per heavy atom. The molecule has 4 nitrogen and oxygen atoms in total. The van der Waals surface area contributed by atoms with Crippen LogP contribution in [0.1, 0.15) is 6.42 Å². The molecule has 1 atom stereocenters. The zero-order valence-corrected chi connectivity index (χ0v) is 11.3. The lowest BCUT2D eigenvalue weighted by Gasteiger charge is -2.12. The quantitative estimate of drug-likeness (QED) is 0.809. The van der Waals surface area contributed by atoms with Crippen molar-refractivity contribution in [2.75, 3.05) is 17.3 Å². The average Bonchev–Trinajstić information content (AvgIpc) is 2.35. The number of nitrogens with two attached hydrogens (primary N) is 1. The van der Waals surface area contributed by atoms with Crippen LogP contribution < -0.4 is 15.8 Å². The zero-order chi connectivity index (χ0) is 14.3. The van der Waals surface area contributed by atoms with Crippen molar-refractivity contribution in [3.05, 3.63) is 24.3 Å². The Morgan fingerprint density at radius 3 is 2.89 bits per heavy atom. The molecule has 0 saturated carbocycles. The number of hydrogen-bond acceptors (Lipinski definition) is 4. The topological polar surface area (TPSA) is 64.4 Å². The van der Waals surface area contributed by atoms with Gasteiger partial charge < -0.3 is 15.8 Å². The van der Waals surface area contributed by atoms with E-state index < -0.39 is 12.7 Å². The number of halogens is 2. The number of amides is 1. The van der Waals surface area contributed by atoms with E-state index in [4.69, 9.17) is 5.73 Å². The number of carbonyl (C=O) groups excluding carboxylic acids is 1. The Hall–Kier alpha value is -1.34. The van der Waals surface area contributed by atoms with E-state index in [1.807, 2.05) is 6.26 Å². The minimum Gasteiger partial charge on any atom is -0.435 e. The number of benzene rings is 1. The molecule has 3 N–H and O–H groups in total. The molecule has 19 heavy (non-hydrogen) atoms. The summed E-state index contributed by atoms with van der Waals surface area (Å²) in [6.07, 6.45) is 2.48. The maximum atomic E-state index is 12.1. The van der Waals surface area contributed by atoms with Gasteiger partial charge in [0.25, 0.3) is 0 Å². The Kier molecular flexibility index (Phi) is 6.58. The van der Waals surface area contributed by atoms with Crippen LogP contribution in [0.15, 0.2) is 24.3 Å². The first-order valence-electron chi connectivity index (χ1n) is 5.63. The molecule has 0 bridgehead atoms. The molecular weight excluding hydrogens is 274 g/mol. The van der Waals surface area contributed by atoms with Gasteiger partial charge >= 0.3 is 6.61 Å². The van der Waals surface area contributed by atoms with Crippen molar-refractivity contribution in [2.45, 2.75) is 19.1 Å². The summed E-state index contributed by atoms with van der Waals surface area (Å²) in [5.74, 6) is 0.428. The largest absolute Gasteiger partial charge is 0.435 e. The van der Waals surface area contributed by atoms with E-state index in [1.165, 1.54) is 18.2 Å². The summed E-state index contributed by atoms with van der Waals surface area (Å²) in [4.78, 5) is 11.7. The summed E-state index contributed by atoms with van der Waals surface area (Å²) >= 11 is 1.60. The zero-order valence-electron chi connectivity index (χ0n) is 10.4. The van der Waals surface area contributed by atoms with Crippen molar-refractivity contribution in [3.63, 3.8) is 0 Å². The Labute approximate surface area is 114 Å². The fraction of sp³-hybridized carbons (Fsp3) is 0.417. The Bertz CT molecular complexity index is 418. The van der Waals surface area contributed by atoms with Gasteiger partial charge in [-0.3, -0.25) is 4.79 Å². The summed E-state index contributed by atoms with van der Waals surface area (Å²) < 4.78 is 28.3. The molecule has 1 aromatic rings. The van der Waals surface area contributed by atoms with Crippen LogP contribution in [0.4, 0.5) is 14.5 Å². The number of ether oxygens (including phenoxy) is 1. The van der Waals surface area contributed by atoms with Crippen LogP contribution in [-0.4, -0.2) is 30.6 Å². The highest BCUT2D eigenvalue weighted by molar-refractivity contribution is 7.98. The maximum absolute atomic E-state index is 12.1. The van der Waals surface area contributed by atoms with Gasteiger partial charge in [0.15, 0.2) is 0 Å². The van der Waals surface area contributed by atoms with E-state index >= 15 is 0 Å². The van der Waals surface area contributed by atoms with E-state index in [0.29, 0.717) is 12.1 Å². The second-order valence-corrected chi connectivity index (χ2v) is 4.77. The van der Waals surface area contributed by atoms with Gasteiger partial charge in [-0.15, -0.1) is 0 Å². The van der Waals surface area contributed by atoms with Gasteiger partial charge in [-0.25, -0.2) is 0 Å². The molecule has 0 heterocycles. The molecule has 1 rings (SSSR count). The minimum absolute atomic E-state index is 0.00881. The SMILES string of the molecule is CSCC[C@H](N)C(=O)Nc1cccc(OC(F)F)c1. The molecule has 0 fully saturated rings. The van der Waals surface area contributed by atoms with Gasteiger partial charge in [0, 0.05) is 11.8 Å². The Morgan fingerprint density at radius 2 is 2.26 bits per heavy atom. The maximum Gasteiger partial charge on any atom is 0.387 e. The van der Waals surface area contributed by atoms with Gasteiger partial charge in [-0.2, -0.15) is 20.5 Å². The smallest absolute Gasteiger partial charge is 0.387 e. The van der Waals surface area contributed by atoms with Crippen LogP contribution in [0.25, 0.3) is 0 Å². The molecule has 1 amide bonds. The number of carbonyl (C=O) groups is 1. The van der Waals surface area contributed by atoms with Crippen molar-refractivity contribution in [3.8, 4) is 5.75 Å². The third kappa shape index (κ3) is 5.89. The normalized spacial score (nSPS) is 12.3. The lowest BCUT2D eigenvalue weighted by molar-refractivity contribution is -0.117. The second-order valence-electron chi connectivity index (χ2n) is 3.78.